The highest BCUT2D eigenvalue weighted by Crippen LogP contribution is 2.28. The number of aliphatic imine (C=N–C) groups is 1. The van der Waals surface area contributed by atoms with Crippen molar-refractivity contribution < 1.29 is 48.6 Å². The summed E-state index contributed by atoms with van der Waals surface area (Å²) in [4.78, 5) is 121. The summed E-state index contributed by atoms with van der Waals surface area (Å²) in [6, 6.07) is -2.19. The molecule has 2 heterocycles. The van der Waals surface area contributed by atoms with Gasteiger partial charge in [-0.15, -0.1) is 0 Å². The minimum atomic E-state index is -1.32. The number of phenolic OH excluding ortho intramolecular Hbond substituents is 1. The van der Waals surface area contributed by atoms with Gasteiger partial charge < -0.3 is 68.8 Å². The lowest BCUT2D eigenvalue weighted by Crippen LogP contribution is -2.62. The van der Waals surface area contributed by atoms with Crippen LogP contribution < -0.4 is 48.7 Å². The molecule has 68 heavy (non-hydrogen) atoms. The number of aliphatic carboxylic acids is 1. The minimum Gasteiger partial charge on any atom is -0.508 e. The van der Waals surface area contributed by atoms with Crippen molar-refractivity contribution in [2.75, 3.05) is 26.7 Å². The summed E-state index contributed by atoms with van der Waals surface area (Å²) in [6.07, 6.45) is 7.56. The van der Waals surface area contributed by atoms with Crippen molar-refractivity contribution in [3.63, 3.8) is 0 Å². The number of phenols is 1. The Morgan fingerprint density at radius 1 is 0.809 bits per heavy atom. The molecule has 0 spiro atoms. The van der Waals surface area contributed by atoms with E-state index in [-0.39, 0.29) is 62.9 Å². The molecule has 2 aliphatic rings. The van der Waals surface area contributed by atoms with E-state index in [9.17, 15) is 48.6 Å². The minimum absolute atomic E-state index is 0.0278. The fourth-order valence-electron chi connectivity index (χ4n) is 8.38. The first kappa shape index (κ1) is 53.8. The summed E-state index contributed by atoms with van der Waals surface area (Å²) in [5.41, 5.74) is 11.9. The predicted octanol–water partition coefficient (Wildman–Crippen LogP) is -1.59. The van der Waals surface area contributed by atoms with E-state index in [1.807, 2.05) is 0 Å². The van der Waals surface area contributed by atoms with Crippen LogP contribution in [0.5, 0.6) is 5.75 Å². The zero-order valence-corrected chi connectivity index (χ0v) is 39.2. The summed E-state index contributed by atoms with van der Waals surface area (Å²) in [6.45, 7) is 5.00. The molecule has 14 N–H and O–H groups in total. The normalized spacial score (nSPS) is 17.6. The van der Waals surface area contributed by atoms with Crippen LogP contribution in [0.25, 0.3) is 0 Å². The standard InChI is InChI=1S/C45H69N13O10/c1-25(2)36(56-38(61)31(53-35(60)23-48-4)12-8-18-50-45(46)47)41(64)54-32(20-27-14-16-30(59)17-15-27)39(62)57-37(28-10-6-5-7-11-28)42(65)55-33(21-29-22-49-24-51-29)43(66)58-19-9-13-34(58)40(63)52-26(3)44(67)68/h14-17,22,24-26,28,31-34,36-37,48,59H,5-13,18-21,23H2,1-4H3,(H,49,51)(H,52,63)(H,53,60)(H,54,64)(H,55,65)(H,56,61)(H,57,62)(H,67,68)(H4,46,47,50)/t26-,31-,32-,33-,34-,36-,37-/m0/s1. The number of carbonyl (C=O) groups excluding carboxylic acids is 7. The van der Waals surface area contributed by atoms with E-state index in [1.165, 1.54) is 36.5 Å². The van der Waals surface area contributed by atoms with Crippen LogP contribution in [0.4, 0.5) is 0 Å². The van der Waals surface area contributed by atoms with E-state index in [0.29, 0.717) is 36.9 Å². The van der Waals surface area contributed by atoms with Crippen molar-refractivity contribution in [2.45, 2.75) is 134 Å². The summed E-state index contributed by atoms with van der Waals surface area (Å²) in [5.74, 6) is -6.75. The molecule has 0 radical (unpaired) electrons. The highest BCUT2D eigenvalue weighted by molar-refractivity contribution is 5.98. The van der Waals surface area contributed by atoms with Crippen molar-refractivity contribution in [2.24, 2.45) is 28.3 Å². The predicted molar refractivity (Wildman–Crippen MR) is 249 cm³/mol. The molecule has 23 heteroatoms. The molecule has 1 aromatic carbocycles. The molecular weight excluding hydrogens is 883 g/mol. The lowest BCUT2D eigenvalue weighted by Gasteiger charge is -2.34. The smallest absolute Gasteiger partial charge is 0.325 e. The van der Waals surface area contributed by atoms with Crippen LogP contribution in [0, 0.1) is 11.8 Å². The first-order valence-corrected chi connectivity index (χ1v) is 23.2. The number of benzene rings is 1. The van der Waals surface area contributed by atoms with Gasteiger partial charge in [0.1, 0.15) is 48.0 Å². The van der Waals surface area contributed by atoms with Crippen LogP contribution in [0.3, 0.4) is 0 Å². The lowest BCUT2D eigenvalue weighted by atomic mass is 9.83. The second-order valence-electron chi connectivity index (χ2n) is 17.7. The molecule has 0 bridgehead atoms. The molecule has 0 unspecified atom stereocenters. The van der Waals surface area contributed by atoms with Crippen molar-refractivity contribution in [1.29, 1.82) is 0 Å². The number of likely N-dealkylation sites (tertiary alicyclic amines) is 1. The van der Waals surface area contributed by atoms with E-state index in [2.05, 4.69) is 52.2 Å². The van der Waals surface area contributed by atoms with Gasteiger partial charge in [-0.1, -0.05) is 45.2 Å². The van der Waals surface area contributed by atoms with Crippen molar-refractivity contribution in [3.8, 4) is 5.75 Å². The van der Waals surface area contributed by atoms with E-state index in [4.69, 9.17) is 11.5 Å². The Hall–Kier alpha value is -6.78. The molecule has 1 aromatic heterocycles. The van der Waals surface area contributed by atoms with Crippen LogP contribution in [-0.4, -0.2) is 147 Å². The zero-order chi connectivity index (χ0) is 49.9. The number of aromatic amines is 1. The van der Waals surface area contributed by atoms with Gasteiger partial charge in [-0.2, -0.15) is 0 Å². The maximum atomic E-state index is 14.7. The first-order chi connectivity index (χ1) is 32.4. The van der Waals surface area contributed by atoms with E-state index < -0.39 is 95.5 Å². The van der Waals surface area contributed by atoms with Crippen LogP contribution >= 0.6 is 0 Å². The van der Waals surface area contributed by atoms with Gasteiger partial charge in [-0.25, -0.2) is 4.98 Å². The average molecular weight is 952 g/mol. The monoisotopic (exact) mass is 952 g/mol. The molecule has 2 fully saturated rings. The van der Waals surface area contributed by atoms with Crippen LogP contribution in [-0.2, 0) is 51.2 Å². The Morgan fingerprint density at radius 2 is 1.49 bits per heavy atom. The van der Waals surface area contributed by atoms with Crippen molar-refractivity contribution in [1.82, 2.24) is 52.1 Å². The van der Waals surface area contributed by atoms with Crippen molar-refractivity contribution >= 4 is 53.3 Å². The molecule has 374 valence electrons. The second kappa shape index (κ2) is 26.5. The van der Waals surface area contributed by atoms with Crippen molar-refractivity contribution in [3.05, 3.63) is 48.0 Å². The second-order valence-corrected chi connectivity index (χ2v) is 17.7. The number of carbonyl (C=O) groups is 8. The molecule has 1 aliphatic heterocycles. The number of imidazole rings is 1. The topological polar surface area (TPSA) is 358 Å². The average Bonchev–Trinajstić information content (AvgIpc) is 4.01. The van der Waals surface area contributed by atoms with E-state index >= 15 is 0 Å². The molecule has 7 atom stereocenters. The number of carboxylic acid groups (broad SMARTS) is 1. The third-order valence-corrected chi connectivity index (χ3v) is 12.1. The molecule has 1 saturated carbocycles. The molecule has 7 amide bonds. The highest BCUT2D eigenvalue weighted by atomic mass is 16.4. The van der Waals surface area contributed by atoms with Crippen LogP contribution in [0.15, 0.2) is 41.8 Å². The number of amides is 7. The molecule has 23 nitrogen and oxygen atoms in total. The van der Waals surface area contributed by atoms with E-state index in [1.54, 1.807) is 33.0 Å². The Labute approximate surface area is 395 Å². The number of hydrogen-bond donors (Lipinski definition) is 12. The number of carboxylic acids is 1. The molecule has 1 aliphatic carbocycles. The lowest BCUT2D eigenvalue weighted by molar-refractivity contribution is -0.144. The van der Waals surface area contributed by atoms with Crippen LogP contribution in [0.2, 0.25) is 0 Å². The number of rotatable bonds is 25. The summed E-state index contributed by atoms with van der Waals surface area (Å²) < 4.78 is 0. The number of nitrogens with one attached hydrogen (secondary N) is 8. The van der Waals surface area contributed by atoms with Gasteiger partial charge in [-0.3, -0.25) is 43.3 Å². The maximum absolute atomic E-state index is 14.7. The fraction of sp³-hybridized carbons (Fsp3) is 0.600. The van der Waals surface area contributed by atoms with Gasteiger partial charge >= 0.3 is 5.97 Å². The number of nitrogens with two attached hydrogens (primary N) is 2. The zero-order valence-electron chi connectivity index (χ0n) is 39.2. The molecule has 2 aromatic rings. The summed E-state index contributed by atoms with van der Waals surface area (Å²) in [7, 11) is 1.57. The Kier molecular flexibility index (Phi) is 21.0. The maximum Gasteiger partial charge on any atom is 0.325 e. The Bertz CT molecular complexity index is 2060. The third kappa shape index (κ3) is 16.5. The Morgan fingerprint density at radius 3 is 2.10 bits per heavy atom. The first-order valence-electron chi connectivity index (χ1n) is 23.2. The SMILES string of the molecule is CNCC(=O)N[C@@H](CCCN=C(N)N)C(=O)N[C@H](C(=O)N[C@@H](Cc1ccc(O)cc1)C(=O)N[C@H](C(=O)N[C@@H](Cc1cnc[nH]1)C(=O)N1CCC[C@H]1C(=O)N[C@@H](C)C(=O)O)C1CCCCC1)C(C)C. The number of aromatic nitrogens is 2. The van der Waals surface area contributed by atoms with Gasteiger partial charge in [0.15, 0.2) is 5.96 Å². The summed E-state index contributed by atoms with van der Waals surface area (Å²) >= 11 is 0. The number of H-pyrrole nitrogens is 1. The molecule has 1 saturated heterocycles. The van der Waals surface area contributed by atoms with Crippen LogP contribution in [0.1, 0.15) is 89.8 Å². The number of likely N-dealkylation sites (N-methyl/N-ethyl adjacent to an activating group) is 1. The number of nitrogens with zero attached hydrogens (tertiary/aromatic N) is 3. The largest absolute Gasteiger partial charge is 0.508 e. The van der Waals surface area contributed by atoms with Gasteiger partial charge in [0.25, 0.3) is 0 Å². The third-order valence-electron chi connectivity index (χ3n) is 12.1. The molecule has 4 rings (SSSR count). The quantitative estimate of drug-likeness (QED) is 0.0304. The highest BCUT2D eigenvalue weighted by Gasteiger charge is 2.41. The van der Waals surface area contributed by atoms with Gasteiger partial charge in [-0.05, 0) is 82.0 Å². The number of hydrogen-bond acceptors (Lipinski definition) is 12. The number of guanidine groups is 1. The summed E-state index contributed by atoms with van der Waals surface area (Å²) in [5, 5.41) is 38.5. The fourth-order valence-corrected chi connectivity index (χ4v) is 8.38. The van der Waals surface area contributed by atoms with Gasteiger partial charge in [0.2, 0.25) is 41.4 Å². The Balaban J connectivity index is 1.62. The molecular formula is C45H69N13O10. The van der Waals surface area contributed by atoms with Gasteiger partial charge in [0, 0.05) is 37.8 Å². The van der Waals surface area contributed by atoms with Gasteiger partial charge in [0.05, 0.1) is 12.9 Å². The number of aromatic hydroxyl groups is 1. The van der Waals surface area contributed by atoms with E-state index in [0.717, 1.165) is 19.3 Å².